The van der Waals surface area contributed by atoms with Gasteiger partial charge in [-0.3, -0.25) is 4.79 Å². The van der Waals surface area contributed by atoms with Crippen molar-refractivity contribution in [1.29, 1.82) is 0 Å². The van der Waals surface area contributed by atoms with E-state index in [0.29, 0.717) is 5.91 Å². The Hall–Kier alpha value is -0.0500. The highest BCUT2D eigenvalue weighted by atomic mass is 79.9. The number of nitrogens with one attached hydrogen (secondary N) is 1. The maximum absolute atomic E-state index is 12.5. The highest BCUT2D eigenvalue weighted by molar-refractivity contribution is 9.09. The lowest BCUT2D eigenvalue weighted by molar-refractivity contribution is -0.132. The fraction of sp³-hybridized carbons (Fsp3) is 0.933. The molecule has 0 unspecified atom stereocenters. The summed E-state index contributed by atoms with van der Waals surface area (Å²) in [6.45, 7) is 4.46. The first-order valence-electron chi connectivity index (χ1n) is 7.38. The van der Waals surface area contributed by atoms with Crippen molar-refractivity contribution in [2.75, 3.05) is 5.33 Å². The summed E-state index contributed by atoms with van der Waals surface area (Å²) in [7, 11) is 0. The number of carbonyl (C=O) groups is 1. The molecule has 18 heavy (non-hydrogen) atoms. The Morgan fingerprint density at radius 1 is 1.22 bits per heavy atom. The van der Waals surface area contributed by atoms with Gasteiger partial charge in [0, 0.05) is 16.3 Å². The monoisotopic (exact) mass is 315 g/mol. The van der Waals surface area contributed by atoms with Crippen LogP contribution in [0.4, 0.5) is 0 Å². The molecule has 2 aliphatic rings. The Morgan fingerprint density at radius 2 is 1.78 bits per heavy atom. The van der Waals surface area contributed by atoms with E-state index in [1.807, 2.05) is 0 Å². The van der Waals surface area contributed by atoms with E-state index in [-0.39, 0.29) is 11.0 Å². The van der Waals surface area contributed by atoms with Crippen LogP contribution in [0.1, 0.15) is 65.2 Å². The summed E-state index contributed by atoms with van der Waals surface area (Å²) in [6.07, 6.45) is 9.28. The molecule has 1 amide bonds. The first kappa shape index (κ1) is 14.4. The molecule has 2 rings (SSSR count). The van der Waals surface area contributed by atoms with Gasteiger partial charge in [0.2, 0.25) is 5.91 Å². The quantitative estimate of drug-likeness (QED) is 0.783. The minimum atomic E-state index is -0.0990. The van der Waals surface area contributed by atoms with Crippen LogP contribution in [0.2, 0.25) is 0 Å². The lowest BCUT2D eigenvalue weighted by Gasteiger charge is -2.41. The maximum Gasteiger partial charge on any atom is 0.226 e. The molecule has 2 nitrogen and oxygen atoms in total. The van der Waals surface area contributed by atoms with Crippen molar-refractivity contribution in [3.05, 3.63) is 0 Å². The first-order chi connectivity index (χ1) is 8.50. The minimum Gasteiger partial charge on any atom is -0.349 e. The average molecular weight is 316 g/mol. The standard InChI is InChI=1S/C15H26BrNO/c1-12-5-9-15(11-16,10-6-12)17-13(18)14(2)7-3-4-8-14/h12H,3-11H2,1-2H3,(H,17,18). The molecule has 0 aromatic carbocycles. The van der Waals surface area contributed by atoms with Crippen LogP contribution in [0.15, 0.2) is 0 Å². The molecule has 0 atom stereocenters. The third kappa shape index (κ3) is 2.92. The van der Waals surface area contributed by atoms with Crippen LogP contribution < -0.4 is 5.32 Å². The van der Waals surface area contributed by atoms with E-state index < -0.39 is 0 Å². The van der Waals surface area contributed by atoms with Gasteiger partial charge in [0.25, 0.3) is 0 Å². The zero-order valence-electron chi connectivity index (χ0n) is 11.7. The molecule has 0 heterocycles. The van der Waals surface area contributed by atoms with Crippen molar-refractivity contribution in [3.63, 3.8) is 0 Å². The molecule has 0 bridgehead atoms. The van der Waals surface area contributed by atoms with Crippen LogP contribution in [0.5, 0.6) is 0 Å². The normalized spacial score (nSPS) is 35.4. The van der Waals surface area contributed by atoms with E-state index in [4.69, 9.17) is 0 Å². The van der Waals surface area contributed by atoms with Crippen LogP contribution in [0.3, 0.4) is 0 Å². The summed E-state index contributed by atoms with van der Waals surface area (Å²) in [5.74, 6) is 1.12. The van der Waals surface area contributed by atoms with Gasteiger partial charge in [-0.25, -0.2) is 0 Å². The highest BCUT2D eigenvalue weighted by Crippen LogP contribution is 2.40. The predicted octanol–water partition coefficient (Wildman–Crippen LogP) is 4.03. The Kier molecular flexibility index (Phi) is 4.40. The zero-order chi connectivity index (χ0) is 13.2. The second-order valence-corrected chi connectivity index (χ2v) is 7.38. The highest BCUT2D eigenvalue weighted by Gasteiger charge is 2.41. The fourth-order valence-corrected chi connectivity index (χ4v) is 4.08. The Morgan fingerprint density at radius 3 is 2.28 bits per heavy atom. The predicted molar refractivity (Wildman–Crippen MR) is 78.9 cm³/mol. The second kappa shape index (κ2) is 5.52. The molecule has 1 N–H and O–H groups in total. The molecular formula is C15H26BrNO. The van der Waals surface area contributed by atoms with Gasteiger partial charge in [0.15, 0.2) is 0 Å². The van der Waals surface area contributed by atoms with Crippen molar-refractivity contribution in [2.45, 2.75) is 70.8 Å². The molecule has 2 aliphatic carbocycles. The molecule has 0 aliphatic heterocycles. The summed E-state index contributed by atoms with van der Waals surface area (Å²) >= 11 is 3.63. The van der Waals surface area contributed by atoms with Gasteiger partial charge in [0.05, 0.1) is 0 Å². The smallest absolute Gasteiger partial charge is 0.226 e. The van der Waals surface area contributed by atoms with E-state index in [1.165, 1.54) is 25.7 Å². The third-order valence-electron chi connectivity index (χ3n) is 5.12. The summed E-state index contributed by atoms with van der Waals surface area (Å²) in [5.41, 5.74) is -0.0760. The lowest BCUT2D eigenvalue weighted by atomic mass is 9.77. The Bertz CT molecular complexity index is 302. The molecule has 0 saturated heterocycles. The number of rotatable bonds is 3. The molecule has 2 saturated carbocycles. The molecule has 3 heteroatoms. The summed E-state index contributed by atoms with van der Waals surface area (Å²) in [6, 6.07) is 0. The van der Waals surface area contributed by atoms with Crippen molar-refractivity contribution in [3.8, 4) is 0 Å². The van der Waals surface area contributed by atoms with Crippen molar-refractivity contribution in [1.82, 2.24) is 5.32 Å². The van der Waals surface area contributed by atoms with E-state index >= 15 is 0 Å². The van der Waals surface area contributed by atoms with E-state index in [9.17, 15) is 4.79 Å². The molecule has 0 aromatic heterocycles. The van der Waals surface area contributed by atoms with Gasteiger partial charge in [-0.2, -0.15) is 0 Å². The van der Waals surface area contributed by atoms with Gasteiger partial charge in [-0.15, -0.1) is 0 Å². The van der Waals surface area contributed by atoms with Crippen LogP contribution in [-0.4, -0.2) is 16.8 Å². The lowest BCUT2D eigenvalue weighted by Crippen LogP contribution is -2.55. The first-order valence-corrected chi connectivity index (χ1v) is 8.50. The maximum atomic E-state index is 12.5. The molecule has 0 aromatic rings. The average Bonchev–Trinajstić information content (AvgIpc) is 2.81. The summed E-state index contributed by atoms with van der Waals surface area (Å²) < 4.78 is 0. The molecule has 0 radical (unpaired) electrons. The van der Waals surface area contributed by atoms with Crippen LogP contribution in [0.25, 0.3) is 0 Å². The van der Waals surface area contributed by atoms with Gasteiger partial charge in [-0.1, -0.05) is 42.6 Å². The van der Waals surface area contributed by atoms with E-state index in [0.717, 1.165) is 36.9 Å². The van der Waals surface area contributed by atoms with Crippen molar-refractivity contribution in [2.24, 2.45) is 11.3 Å². The molecule has 0 spiro atoms. The van der Waals surface area contributed by atoms with Gasteiger partial charge in [-0.05, 0) is 44.4 Å². The van der Waals surface area contributed by atoms with E-state index in [1.54, 1.807) is 0 Å². The van der Waals surface area contributed by atoms with Crippen LogP contribution >= 0.6 is 15.9 Å². The van der Waals surface area contributed by atoms with Gasteiger partial charge in [0.1, 0.15) is 0 Å². The summed E-state index contributed by atoms with van der Waals surface area (Å²) in [5, 5.41) is 4.30. The Labute approximate surface area is 119 Å². The largest absolute Gasteiger partial charge is 0.349 e. The van der Waals surface area contributed by atoms with E-state index in [2.05, 4.69) is 35.1 Å². The molecular weight excluding hydrogens is 290 g/mol. The second-order valence-electron chi connectivity index (χ2n) is 6.82. The van der Waals surface area contributed by atoms with Gasteiger partial charge < -0.3 is 5.32 Å². The number of hydrogen-bond donors (Lipinski definition) is 1. The number of hydrogen-bond acceptors (Lipinski definition) is 1. The zero-order valence-corrected chi connectivity index (χ0v) is 13.3. The number of halogens is 1. The number of carbonyl (C=O) groups excluding carboxylic acids is 1. The third-order valence-corrected chi connectivity index (χ3v) is 6.19. The number of amides is 1. The summed E-state index contributed by atoms with van der Waals surface area (Å²) in [4.78, 5) is 12.5. The van der Waals surface area contributed by atoms with Crippen LogP contribution in [0, 0.1) is 11.3 Å². The SMILES string of the molecule is CC1CCC(CBr)(NC(=O)C2(C)CCCC2)CC1. The Balaban J connectivity index is 1.99. The van der Waals surface area contributed by atoms with Crippen LogP contribution in [-0.2, 0) is 4.79 Å². The number of alkyl halides is 1. The van der Waals surface area contributed by atoms with Gasteiger partial charge >= 0.3 is 0 Å². The topological polar surface area (TPSA) is 29.1 Å². The molecule has 2 fully saturated rings. The molecule has 104 valence electrons. The van der Waals surface area contributed by atoms with Crippen molar-refractivity contribution >= 4 is 21.8 Å². The van der Waals surface area contributed by atoms with Crippen molar-refractivity contribution < 1.29 is 4.79 Å². The minimum absolute atomic E-state index is 0.0230. The fourth-order valence-electron chi connectivity index (χ4n) is 3.38.